The molecule has 20 heavy (non-hydrogen) atoms. The van der Waals surface area contributed by atoms with Gasteiger partial charge in [0.2, 0.25) is 5.78 Å². The van der Waals surface area contributed by atoms with Crippen LogP contribution in [-0.4, -0.2) is 5.78 Å². The number of ether oxygens (including phenoxy) is 1. The molecule has 1 aliphatic rings. The van der Waals surface area contributed by atoms with Crippen LogP contribution in [0.4, 0.5) is 0 Å². The Morgan fingerprint density at radius 1 is 1.10 bits per heavy atom. The van der Waals surface area contributed by atoms with Crippen molar-refractivity contribution in [2.24, 2.45) is 0 Å². The Balaban J connectivity index is 2.06. The molecule has 1 heterocycles. The molecular weight excluding hydrogens is 363 g/mol. The molecule has 0 amide bonds. The minimum absolute atomic E-state index is 0.183. The van der Waals surface area contributed by atoms with Crippen LogP contribution in [0.25, 0.3) is 6.08 Å². The lowest BCUT2D eigenvalue weighted by atomic mass is 10.1. The standard InChI is InChI=1S/C15H7BrCl2O2/c16-8-4-5-13-10(6-8)15(19)14(20-13)7-9-11(17)2-1-3-12(9)18/h1-7H/b14-7-. The van der Waals surface area contributed by atoms with Crippen LogP contribution in [-0.2, 0) is 0 Å². The van der Waals surface area contributed by atoms with Crippen molar-refractivity contribution in [3.63, 3.8) is 0 Å². The number of carbonyl (C=O) groups is 1. The Kier molecular flexibility index (Phi) is 3.59. The SMILES string of the molecule is O=C1/C(=C/c2c(Cl)cccc2Cl)Oc2ccc(Br)cc21. The zero-order chi connectivity index (χ0) is 14.3. The van der Waals surface area contributed by atoms with Crippen LogP contribution >= 0.6 is 39.1 Å². The zero-order valence-corrected chi connectivity index (χ0v) is 13.1. The number of ketones is 1. The number of hydrogen-bond acceptors (Lipinski definition) is 2. The zero-order valence-electron chi connectivity index (χ0n) is 9.99. The Hall–Kier alpha value is -1.29. The number of Topliss-reactive ketones (excluding diaryl/α,β-unsaturated/α-hetero) is 1. The van der Waals surface area contributed by atoms with Gasteiger partial charge in [-0.15, -0.1) is 0 Å². The largest absolute Gasteiger partial charge is 0.452 e. The van der Waals surface area contributed by atoms with Crippen molar-refractivity contribution >= 4 is 51.0 Å². The summed E-state index contributed by atoms with van der Waals surface area (Å²) in [5.74, 6) is 0.568. The van der Waals surface area contributed by atoms with Gasteiger partial charge in [0.15, 0.2) is 5.76 Å². The summed E-state index contributed by atoms with van der Waals surface area (Å²) in [5.41, 5.74) is 1.10. The van der Waals surface area contributed by atoms with Crippen molar-refractivity contribution in [2.75, 3.05) is 0 Å². The van der Waals surface area contributed by atoms with Crippen molar-refractivity contribution in [3.8, 4) is 5.75 Å². The van der Waals surface area contributed by atoms with E-state index in [1.54, 1.807) is 36.4 Å². The number of benzene rings is 2. The summed E-state index contributed by atoms with van der Waals surface area (Å²) in [6.07, 6.45) is 1.57. The van der Waals surface area contributed by atoms with Gasteiger partial charge in [0, 0.05) is 20.1 Å². The van der Waals surface area contributed by atoms with Crippen LogP contribution in [0.1, 0.15) is 15.9 Å². The Bertz CT molecular complexity index is 733. The van der Waals surface area contributed by atoms with Gasteiger partial charge >= 0.3 is 0 Å². The molecule has 2 nitrogen and oxygen atoms in total. The molecule has 0 bridgehead atoms. The molecule has 0 saturated carbocycles. The molecule has 5 heteroatoms. The van der Waals surface area contributed by atoms with E-state index in [4.69, 9.17) is 27.9 Å². The number of carbonyl (C=O) groups excluding carboxylic acids is 1. The van der Waals surface area contributed by atoms with Gasteiger partial charge in [-0.1, -0.05) is 45.2 Å². The molecule has 0 N–H and O–H groups in total. The van der Waals surface area contributed by atoms with Crippen LogP contribution in [0.15, 0.2) is 46.6 Å². The summed E-state index contributed by atoms with van der Waals surface area (Å²) in [5, 5.41) is 0.942. The van der Waals surface area contributed by atoms with E-state index in [2.05, 4.69) is 15.9 Å². The van der Waals surface area contributed by atoms with E-state index < -0.39 is 0 Å². The van der Waals surface area contributed by atoms with Crippen LogP contribution in [0.3, 0.4) is 0 Å². The fourth-order valence-corrected chi connectivity index (χ4v) is 2.81. The molecule has 0 saturated heterocycles. The summed E-state index contributed by atoms with van der Waals surface area (Å²) in [6.45, 7) is 0. The number of rotatable bonds is 1. The molecule has 0 atom stereocenters. The van der Waals surface area contributed by atoms with E-state index in [1.165, 1.54) is 0 Å². The second kappa shape index (κ2) is 5.24. The lowest BCUT2D eigenvalue weighted by molar-refractivity contribution is 0.101. The molecule has 2 aromatic carbocycles. The first-order chi connectivity index (χ1) is 9.56. The van der Waals surface area contributed by atoms with Gasteiger partial charge in [-0.2, -0.15) is 0 Å². The molecule has 0 fully saturated rings. The Morgan fingerprint density at radius 2 is 1.80 bits per heavy atom. The molecule has 0 aromatic heterocycles. The fraction of sp³-hybridized carbons (Fsp3) is 0. The quantitative estimate of drug-likeness (QED) is 0.631. The molecular formula is C15H7BrCl2O2. The number of allylic oxidation sites excluding steroid dienone is 1. The van der Waals surface area contributed by atoms with Gasteiger partial charge < -0.3 is 4.74 Å². The second-order valence-electron chi connectivity index (χ2n) is 4.22. The Morgan fingerprint density at radius 3 is 2.50 bits per heavy atom. The highest BCUT2D eigenvalue weighted by Crippen LogP contribution is 2.35. The molecule has 0 unspecified atom stereocenters. The van der Waals surface area contributed by atoms with Gasteiger partial charge in [-0.3, -0.25) is 4.79 Å². The molecule has 1 aliphatic heterocycles. The first-order valence-electron chi connectivity index (χ1n) is 5.74. The average Bonchev–Trinajstić information content (AvgIpc) is 2.71. The lowest BCUT2D eigenvalue weighted by Crippen LogP contribution is -1.98. The third-order valence-electron chi connectivity index (χ3n) is 2.91. The minimum Gasteiger partial charge on any atom is -0.452 e. The van der Waals surface area contributed by atoms with Crippen molar-refractivity contribution in [1.82, 2.24) is 0 Å². The average molecular weight is 370 g/mol. The third kappa shape index (κ3) is 2.37. The molecule has 2 aromatic rings. The first kappa shape index (κ1) is 13.7. The third-order valence-corrected chi connectivity index (χ3v) is 4.06. The van der Waals surface area contributed by atoms with Crippen molar-refractivity contribution in [1.29, 1.82) is 0 Å². The molecule has 100 valence electrons. The number of fused-ring (bicyclic) bond motifs is 1. The maximum atomic E-state index is 12.3. The van der Waals surface area contributed by atoms with E-state index in [1.807, 2.05) is 6.07 Å². The normalized spacial score (nSPS) is 15.3. The first-order valence-corrected chi connectivity index (χ1v) is 7.29. The maximum absolute atomic E-state index is 12.3. The lowest BCUT2D eigenvalue weighted by Gasteiger charge is -2.02. The summed E-state index contributed by atoms with van der Waals surface area (Å²) in [7, 11) is 0. The molecule has 0 aliphatic carbocycles. The van der Waals surface area contributed by atoms with Crippen molar-refractivity contribution in [3.05, 3.63) is 67.8 Å². The summed E-state index contributed by atoms with van der Waals surface area (Å²) in [4.78, 5) is 12.3. The highest BCUT2D eigenvalue weighted by molar-refractivity contribution is 9.10. The van der Waals surface area contributed by atoms with Crippen molar-refractivity contribution < 1.29 is 9.53 Å². The highest BCUT2D eigenvalue weighted by atomic mass is 79.9. The summed E-state index contributed by atoms with van der Waals surface area (Å²) in [6, 6.07) is 10.5. The predicted octanol–water partition coefficient (Wildman–Crippen LogP) is 5.37. The monoisotopic (exact) mass is 368 g/mol. The number of halogens is 3. The number of hydrogen-bond donors (Lipinski definition) is 0. The molecule has 0 spiro atoms. The smallest absolute Gasteiger partial charge is 0.232 e. The summed E-state index contributed by atoms with van der Waals surface area (Å²) < 4.78 is 6.39. The minimum atomic E-state index is -0.183. The maximum Gasteiger partial charge on any atom is 0.232 e. The van der Waals surface area contributed by atoms with Crippen LogP contribution in [0.5, 0.6) is 5.75 Å². The van der Waals surface area contributed by atoms with Gasteiger partial charge in [0.05, 0.1) is 5.56 Å². The van der Waals surface area contributed by atoms with Crippen LogP contribution < -0.4 is 4.74 Å². The Labute approximate surface area is 134 Å². The van der Waals surface area contributed by atoms with Crippen molar-refractivity contribution in [2.45, 2.75) is 0 Å². The molecule has 3 rings (SSSR count). The summed E-state index contributed by atoms with van der Waals surface area (Å²) >= 11 is 15.5. The van der Waals surface area contributed by atoms with E-state index in [0.717, 1.165) is 4.47 Å². The van der Waals surface area contributed by atoms with Gasteiger partial charge in [-0.25, -0.2) is 0 Å². The fourth-order valence-electron chi connectivity index (χ4n) is 1.94. The second-order valence-corrected chi connectivity index (χ2v) is 5.95. The predicted molar refractivity (Wildman–Crippen MR) is 83.5 cm³/mol. The van der Waals surface area contributed by atoms with E-state index >= 15 is 0 Å². The van der Waals surface area contributed by atoms with E-state index in [0.29, 0.717) is 26.9 Å². The van der Waals surface area contributed by atoms with Gasteiger partial charge in [-0.05, 0) is 36.4 Å². The van der Waals surface area contributed by atoms with Gasteiger partial charge in [0.25, 0.3) is 0 Å². The topological polar surface area (TPSA) is 26.3 Å². The van der Waals surface area contributed by atoms with Crippen LogP contribution in [0, 0.1) is 0 Å². The van der Waals surface area contributed by atoms with Crippen LogP contribution in [0.2, 0.25) is 10.0 Å². The van der Waals surface area contributed by atoms with E-state index in [9.17, 15) is 4.79 Å². The van der Waals surface area contributed by atoms with Gasteiger partial charge in [0.1, 0.15) is 5.75 Å². The van der Waals surface area contributed by atoms with E-state index in [-0.39, 0.29) is 11.5 Å². The highest BCUT2D eigenvalue weighted by Gasteiger charge is 2.27. The molecule has 0 radical (unpaired) electrons.